The van der Waals surface area contributed by atoms with Gasteiger partial charge in [0.2, 0.25) is 5.91 Å². The molecule has 0 aliphatic carbocycles. The number of nitrogens with zero attached hydrogens (tertiary/aromatic N) is 1. The van der Waals surface area contributed by atoms with Crippen LogP contribution in [0.5, 0.6) is 0 Å². The minimum Gasteiger partial charge on any atom is -0.312 e. The molecule has 2 aromatic rings. The van der Waals surface area contributed by atoms with Gasteiger partial charge in [-0.15, -0.1) is 0 Å². The Morgan fingerprint density at radius 2 is 1.61 bits per heavy atom. The average Bonchev–Trinajstić information content (AvgIpc) is 2.52. The van der Waals surface area contributed by atoms with Crippen molar-refractivity contribution in [3.8, 4) is 0 Å². The molecule has 0 heterocycles. The number of nitrogens with one attached hydrogen (secondary N) is 1. The van der Waals surface area contributed by atoms with Crippen LogP contribution >= 0.6 is 23.2 Å². The van der Waals surface area contributed by atoms with Crippen molar-refractivity contribution < 1.29 is 4.79 Å². The number of halogens is 2. The summed E-state index contributed by atoms with van der Waals surface area (Å²) in [5.41, 5.74) is 1.77. The van der Waals surface area contributed by atoms with E-state index in [2.05, 4.69) is 5.32 Å². The normalized spacial score (nSPS) is 11.2. The first-order valence-corrected chi connectivity index (χ1v) is 7.74. The number of hydrogen-bond donors (Lipinski definition) is 2. The van der Waals surface area contributed by atoms with Gasteiger partial charge in [-0.05, 0) is 54.5 Å². The van der Waals surface area contributed by atoms with E-state index in [-0.39, 0.29) is 5.91 Å². The fourth-order valence-electron chi connectivity index (χ4n) is 1.97. The molecule has 0 atom stereocenters. The third kappa shape index (κ3) is 5.28. The Kier molecular flexibility index (Phi) is 6.04. The largest absolute Gasteiger partial charge is 0.312 e. The average molecular weight is 350 g/mol. The molecule has 0 aliphatic heterocycles. The van der Waals surface area contributed by atoms with Gasteiger partial charge < -0.3 is 5.32 Å². The van der Waals surface area contributed by atoms with E-state index in [9.17, 15) is 4.79 Å². The van der Waals surface area contributed by atoms with E-state index in [1.807, 2.05) is 30.3 Å². The van der Waals surface area contributed by atoms with Crippen molar-refractivity contribution in [3.63, 3.8) is 0 Å². The smallest absolute Gasteiger partial charge is 0.222 e. The number of allylic oxidation sites excluding steroid dienone is 1. The van der Waals surface area contributed by atoms with Gasteiger partial charge in [0.1, 0.15) is 5.82 Å². The summed E-state index contributed by atoms with van der Waals surface area (Å²) in [6.07, 6.45) is 2.45. The summed E-state index contributed by atoms with van der Waals surface area (Å²) < 4.78 is 0. The van der Waals surface area contributed by atoms with Crippen molar-refractivity contribution in [2.24, 2.45) is 5.84 Å². The molecular weight excluding hydrogens is 333 g/mol. The van der Waals surface area contributed by atoms with Crippen LogP contribution in [0.15, 0.2) is 60.4 Å². The molecule has 3 N–H and O–H groups in total. The highest BCUT2D eigenvalue weighted by Gasteiger charge is 2.09. The first kappa shape index (κ1) is 17.3. The molecule has 0 spiro atoms. The van der Waals surface area contributed by atoms with E-state index in [1.54, 1.807) is 24.3 Å². The molecule has 0 aromatic heterocycles. The quantitative estimate of drug-likeness (QED) is 0.635. The van der Waals surface area contributed by atoms with E-state index in [1.165, 1.54) is 11.9 Å². The van der Waals surface area contributed by atoms with Crippen molar-refractivity contribution in [2.75, 3.05) is 5.01 Å². The molecule has 1 amide bonds. The maximum Gasteiger partial charge on any atom is 0.222 e. The summed E-state index contributed by atoms with van der Waals surface area (Å²) in [5.74, 6) is 6.41. The number of anilines is 1. The van der Waals surface area contributed by atoms with Crippen LogP contribution in [0.3, 0.4) is 0 Å². The lowest BCUT2D eigenvalue weighted by Crippen LogP contribution is -2.39. The van der Waals surface area contributed by atoms with E-state index in [4.69, 9.17) is 29.0 Å². The number of carbonyl (C=O) groups excluding carboxylic acids is 1. The predicted octanol–water partition coefficient (Wildman–Crippen LogP) is 3.89. The zero-order chi connectivity index (χ0) is 16.8. The zero-order valence-corrected chi connectivity index (χ0v) is 14.1. The van der Waals surface area contributed by atoms with Crippen LogP contribution in [0.2, 0.25) is 10.0 Å². The van der Waals surface area contributed by atoms with Crippen LogP contribution < -0.4 is 16.2 Å². The fourth-order valence-corrected chi connectivity index (χ4v) is 2.22. The number of hydrogen-bond acceptors (Lipinski definition) is 3. The standard InChI is InChI=1S/C17H17Cl2N3O/c1-12(23)21-17(11-4-13-2-5-14(18)6-3-13)22(20)16-9-7-15(19)8-10-16/h2-3,5-11H,4,20H2,1H3,(H,21,23)/b17-11-. The Bertz CT molecular complexity index is 697. The summed E-state index contributed by atoms with van der Waals surface area (Å²) in [6, 6.07) is 14.5. The second-order valence-corrected chi connectivity index (χ2v) is 5.82. The van der Waals surface area contributed by atoms with Gasteiger partial charge in [0.25, 0.3) is 0 Å². The summed E-state index contributed by atoms with van der Waals surface area (Å²) >= 11 is 11.8. The lowest BCUT2D eigenvalue weighted by molar-refractivity contribution is -0.118. The summed E-state index contributed by atoms with van der Waals surface area (Å²) in [6.45, 7) is 1.44. The van der Waals surface area contributed by atoms with Crippen molar-refractivity contribution in [3.05, 3.63) is 76.0 Å². The molecule has 2 rings (SSSR count). The van der Waals surface area contributed by atoms with Crippen LogP contribution in [0.1, 0.15) is 12.5 Å². The Labute approximate surface area is 145 Å². The van der Waals surface area contributed by atoms with Gasteiger partial charge in [-0.3, -0.25) is 9.80 Å². The first-order valence-electron chi connectivity index (χ1n) is 6.98. The molecular formula is C17H17Cl2N3O. The number of rotatable bonds is 5. The molecule has 23 heavy (non-hydrogen) atoms. The highest BCUT2D eigenvalue weighted by atomic mass is 35.5. The monoisotopic (exact) mass is 349 g/mol. The predicted molar refractivity (Wildman–Crippen MR) is 95.2 cm³/mol. The molecule has 4 nitrogen and oxygen atoms in total. The Morgan fingerprint density at radius 1 is 1.09 bits per heavy atom. The molecule has 6 heteroatoms. The molecule has 0 aliphatic rings. The van der Waals surface area contributed by atoms with Crippen LogP contribution in [0, 0.1) is 0 Å². The van der Waals surface area contributed by atoms with Gasteiger partial charge in [-0.25, -0.2) is 5.84 Å². The van der Waals surface area contributed by atoms with Gasteiger partial charge >= 0.3 is 0 Å². The van der Waals surface area contributed by atoms with Crippen LogP contribution in [-0.4, -0.2) is 5.91 Å². The molecule has 0 unspecified atom stereocenters. The molecule has 0 saturated carbocycles. The number of nitrogens with two attached hydrogens (primary N) is 1. The molecule has 0 radical (unpaired) electrons. The molecule has 0 bridgehead atoms. The Balaban J connectivity index is 2.21. The summed E-state index contributed by atoms with van der Waals surface area (Å²) in [4.78, 5) is 11.4. The van der Waals surface area contributed by atoms with Crippen molar-refractivity contribution in [1.82, 2.24) is 5.32 Å². The third-order valence-corrected chi connectivity index (χ3v) is 3.62. The van der Waals surface area contributed by atoms with Gasteiger partial charge in [0.15, 0.2) is 0 Å². The number of hydrazine groups is 1. The van der Waals surface area contributed by atoms with Gasteiger partial charge in [-0.1, -0.05) is 35.3 Å². The minimum atomic E-state index is -0.197. The fraction of sp³-hybridized carbons (Fsp3) is 0.118. The third-order valence-electron chi connectivity index (χ3n) is 3.11. The van der Waals surface area contributed by atoms with E-state index >= 15 is 0 Å². The van der Waals surface area contributed by atoms with Gasteiger partial charge in [-0.2, -0.15) is 0 Å². The van der Waals surface area contributed by atoms with Crippen molar-refractivity contribution in [2.45, 2.75) is 13.3 Å². The Morgan fingerprint density at radius 3 is 2.13 bits per heavy atom. The summed E-state index contributed by atoms with van der Waals surface area (Å²) in [5, 5.41) is 5.45. The molecule has 0 fully saturated rings. The number of benzene rings is 2. The van der Waals surface area contributed by atoms with Crippen LogP contribution in [0.25, 0.3) is 0 Å². The van der Waals surface area contributed by atoms with E-state index < -0.39 is 0 Å². The second-order valence-electron chi connectivity index (χ2n) is 4.95. The second kappa shape index (κ2) is 8.02. The minimum absolute atomic E-state index is 0.197. The lowest BCUT2D eigenvalue weighted by atomic mass is 10.1. The van der Waals surface area contributed by atoms with E-state index in [0.29, 0.717) is 28.0 Å². The Hall–Kier alpha value is -2.01. The molecule has 120 valence electrons. The lowest BCUT2D eigenvalue weighted by Gasteiger charge is -2.22. The number of carbonyl (C=O) groups is 1. The highest BCUT2D eigenvalue weighted by molar-refractivity contribution is 6.30. The maximum atomic E-state index is 11.4. The first-order chi connectivity index (χ1) is 11.0. The van der Waals surface area contributed by atoms with Crippen LogP contribution in [0.4, 0.5) is 5.69 Å². The summed E-state index contributed by atoms with van der Waals surface area (Å²) in [7, 11) is 0. The van der Waals surface area contributed by atoms with Crippen molar-refractivity contribution in [1.29, 1.82) is 0 Å². The maximum absolute atomic E-state index is 11.4. The van der Waals surface area contributed by atoms with Crippen molar-refractivity contribution >= 4 is 34.8 Å². The highest BCUT2D eigenvalue weighted by Crippen LogP contribution is 2.18. The molecule has 0 saturated heterocycles. The number of amides is 1. The van der Waals surface area contributed by atoms with E-state index in [0.717, 1.165) is 5.56 Å². The van der Waals surface area contributed by atoms with Gasteiger partial charge in [0.05, 0.1) is 5.69 Å². The van der Waals surface area contributed by atoms with Gasteiger partial charge in [0, 0.05) is 17.0 Å². The van der Waals surface area contributed by atoms with Crippen LogP contribution in [-0.2, 0) is 11.2 Å². The SMILES string of the molecule is CC(=O)N/C(=C/Cc1ccc(Cl)cc1)N(N)c1ccc(Cl)cc1. The zero-order valence-electron chi connectivity index (χ0n) is 12.6. The molecule has 2 aromatic carbocycles. The topological polar surface area (TPSA) is 58.4 Å².